The largest absolute Gasteiger partial charge is 0.480 e. The lowest BCUT2D eigenvalue weighted by atomic mass is 9.95. The number of hydrogen-bond donors (Lipinski definition) is 2. The van der Waals surface area contributed by atoms with E-state index in [0.717, 1.165) is 0 Å². The average Bonchev–Trinajstić information content (AvgIpc) is 3.29. The zero-order valence-electron chi connectivity index (χ0n) is 12.8. The summed E-state index contributed by atoms with van der Waals surface area (Å²) < 4.78 is 18.9. The lowest BCUT2D eigenvalue weighted by Crippen LogP contribution is -2.47. The summed E-state index contributed by atoms with van der Waals surface area (Å²) in [4.78, 5) is 23.6. The predicted octanol–water partition coefficient (Wildman–Crippen LogP) is 1.92. The van der Waals surface area contributed by atoms with Gasteiger partial charge in [-0.25, -0.2) is 9.18 Å². The molecule has 124 valence electrons. The van der Waals surface area contributed by atoms with Crippen LogP contribution in [0.25, 0.3) is 0 Å². The van der Waals surface area contributed by atoms with Gasteiger partial charge in [0.05, 0.1) is 18.6 Å². The van der Waals surface area contributed by atoms with Crippen molar-refractivity contribution < 1.29 is 23.8 Å². The predicted molar refractivity (Wildman–Crippen MR) is 82.4 cm³/mol. The molecule has 2 N–H and O–H groups in total. The van der Waals surface area contributed by atoms with Gasteiger partial charge in [-0.05, 0) is 30.9 Å². The molecule has 2 rings (SSSR count). The summed E-state index contributed by atoms with van der Waals surface area (Å²) in [6.45, 7) is 3.54. The molecule has 0 saturated heterocycles. The molecule has 1 aliphatic carbocycles. The van der Waals surface area contributed by atoms with Gasteiger partial charge in [-0.2, -0.15) is 0 Å². The molecule has 1 unspecified atom stereocenters. The number of carbonyl (C=O) groups is 2. The number of nitrogens with one attached hydrogen (secondary N) is 1. The fraction of sp³-hybridized carbons (Fsp3) is 0.412. The molecule has 0 bridgehead atoms. The van der Waals surface area contributed by atoms with E-state index in [9.17, 15) is 14.0 Å². The van der Waals surface area contributed by atoms with E-state index in [4.69, 9.17) is 9.84 Å². The zero-order chi connectivity index (χ0) is 16.9. The van der Waals surface area contributed by atoms with Crippen LogP contribution in [0.1, 0.15) is 18.4 Å². The number of carboxylic acid groups (broad SMARTS) is 1. The van der Waals surface area contributed by atoms with Crippen LogP contribution in [-0.4, -0.2) is 36.2 Å². The maximum atomic E-state index is 13.8. The van der Waals surface area contributed by atoms with Crippen molar-refractivity contribution >= 4 is 11.9 Å². The van der Waals surface area contributed by atoms with Crippen molar-refractivity contribution in [3.63, 3.8) is 0 Å². The number of benzene rings is 1. The van der Waals surface area contributed by atoms with Crippen molar-refractivity contribution in [1.29, 1.82) is 0 Å². The van der Waals surface area contributed by atoms with E-state index in [1.807, 2.05) is 0 Å². The number of hydrogen-bond acceptors (Lipinski definition) is 3. The van der Waals surface area contributed by atoms with Gasteiger partial charge >= 0.3 is 5.97 Å². The fourth-order valence-electron chi connectivity index (χ4n) is 2.40. The topological polar surface area (TPSA) is 75.6 Å². The van der Waals surface area contributed by atoms with Crippen molar-refractivity contribution in [1.82, 2.24) is 5.32 Å². The van der Waals surface area contributed by atoms with E-state index in [1.54, 1.807) is 18.2 Å². The van der Waals surface area contributed by atoms with Gasteiger partial charge in [-0.3, -0.25) is 4.79 Å². The van der Waals surface area contributed by atoms with Gasteiger partial charge in [0.2, 0.25) is 5.91 Å². The van der Waals surface area contributed by atoms with Crippen LogP contribution < -0.4 is 5.32 Å². The molecular formula is C17H20FNO4. The van der Waals surface area contributed by atoms with Gasteiger partial charge in [0.1, 0.15) is 5.82 Å². The summed E-state index contributed by atoms with van der Waals surface area (Å²) >= 11 is 0. The summed E-state index contributed by atoms with van der Waals surface area (Å²) in [5.41, 5.74) is -0.246. The summed E-state index contributed by atoms with van der Waals surface area (Å²) in [6.07, 6.45) is 3.01. The molecule has 1 aromatic rings. The summed E-state index contributed by atoms with van der Waals surface area (Å²) in [7, 11) is 0. The summed E-state index contributed by atoms with van der Waals surface area (Å²) in [5, 5.41) is 11.7. The number of carbonyl (C=O) groups excluding carboxylic acids is 1. The van der Waals surface area contributed by atoms with Gasteiger partial charge in [-0.15, -0.1) is 6.58 Å². The highest BCUT2D eigenvalue weighted by Crippen LogP contribution is 2.49. The minimum Gasteiger partial charge on any atom is -0.480 e. The van der Waals surface area contributed by atoms with E-state index in [-0.39, 0.29) is 31.4 Å². The Morgan fingerprint density at radius 3 is 2.70 bits per heavy atom. The van der Waals surface area contributed by atoms with Crippen LogP contribution >= 0.6 is 0 Å². The Hall–Kier alpha value is -2.21. The van der Waals surface area contributed by atoms with Crippen LogP contribution in [-0.2, 0) is 20.7 Å². The van der Waals surface area contributed by atoms with E-state index in [0.29, 0.717) is 18.4 Å². The first-order valence-corrected chi connectivity index (χ1v) is 7.44. The Morgan fingerprint density at radius 1 is 1.43 bits per heavy atom. The Labute approximate surface area is 134 Å². The Bertz CT molecular complexity index is 598. The molecule has 1 aromatic carbocycles. The molecular weight excluding hydrogens is 301 g/mol. The smallest absolute Gasteiger partial charge is 0.328 e. The normalized spacial score (nSPS) is 16.4. The van der Waals surface area contributed by atoms with Crippen LogP contribution in [0, 0.1) is 11.2 Å². The van der Waals surface area contributed by atoms with Crippen molar-refractivity contribution in [2.24, 2.45) is 5.41 Å². The molecule has 0 aromatic heterocycles. The maximum absolute atomic E-state index is 13.8. The van der Waals surface area contributed by atoms with Crippen molar-refractivity contribution in [3.05, 3.63) is 48.3 Å². The molecule has 1 aliphatic rings. The average molecular weight is 321 g/mol. The van der Waals surface area contributed by atoms with Crippen LogP contribution in [0.2, 0.25) is 0 Å². The monoisotopic (exact) mass is 321 g/mol. The minimum absolute atomic E-state index is 0.136. The lowest BCUT2D eigenvalue weighted by Gasteiger charge is -2.20. The van der Waals surface area contributed by atoms with Crippen LogP contribution in [0.4, 0.5) is 4.39 Å². The molecule has 23 heavy (non-hydrogen) atoms. The second kappa shape index (κ2) is 7.37. The van der Waals surface area contributed by atoms with E-state index < -0.39 is 17.4 Å². The fourth-order valence-corrected chi connectivity index (χ4v) is 2.40. The summed E-state index contributed by atoms with van der Waals surface area (Å²) in [6, 6.07) is 5.18. The van der Waals surface area contributed by atoms with Gasteiger partial charge in [-0.1, -0.05) is 24.3 Å². The number of amides is 1. The molecule has 0 aliphatic heterocycles. The number of carboxylic acids is 1. The molecule has 0 radical (unpaired) electrons. The number of aliphatic carboxylic acids is 1. The quantitative estimate of drug-likeness (QED) is 0.538. The zero-order valence-corrected chi connectivity index (χ0v) is 12.8. The van der Waals surface area contributed by atoms with Crippen molar-refractivity contribution in [3.8, 4) is 0 Å². The molecule has 5 nitrogen and oxygen atoms in total. The molecule has 1 fully saturated rings. The van der Waals surface area contributed by atoms with Gasteiger partial charge in [0.25, 0.3) is 0 Å². The summed E-state index contributed by atoms with van der Waals surface area (Å²) in [5.74, 6) is -1.88. The highest BCUT2D eigenvalue weighted by Gasteiger charge is 2.50. The van der Waals surface area contributed by atoms with E-state index >= 15 is 0 Å². The molecule has 0 spiro atoms. The highest BCUT2D eigenvalue weighted by atomic mass is 19.1. The number of rotatable bonds is 9. The van der Waals surface area contributed by atoms with Gasteiger partial charge in [0, 0.05) is 0 Å². The highest BCUT2D eigenvalue weighted by molar-refractivity contribution is 5.89. The SMILES string of the molecule is C=CCOCC(NC(=O)C1(Cc2ccccc2F)CC1)C(=O)O. The first-order valence-electron chi connectivity index (χ1n) is 7.44. The second-order valence-electron chi connectivity index (χ2n) is 5.74. The van der Waals surface area contributed by atoms with Crippen molar-refractivity contribution in [2.45, 2.75) is 25.3 Å². The van der Waals surface area contributed by atoms with E-state index in [1.165, 1.54) is 12.1 Å². The third-order valence-electron chi connectivity index (χ3n) is 3.95. The van der Waals surface area contributed by atoms with Crippen LogP contribution in [0.5, 0.6) is 0 Å². The molecule has 1 amide bonds. The van der Waals surface area contributed by atoms with E-state index in [2.05, 4.69) is 11.9 Å². The first-order chi connectivity index (χ1) is 11.0. The molecule has 1 saturated carbocycles. The van der Waals surface area contributed by atoms with Crippen LogP contribution in [0.15, 0.2) is 36.9 Å². The second-order valence-corrected chi connectivity index (χ2v) is 5.74. The number of ether oxygens (including phenoxy) is 1. The Morgan fingerprint density at radius 2 is 2.13 bits per heavy atom. The minimum atomic E-state index is -1.16. The van der Waals surface area contributed by atoms with Crippen LogP contribution in [0.3, 0.4) is 0 Å². The standard InChI is InChI=1S/C17H20FNO4/c1-2-9-23-11-14(15(20)21)19-16(22)17(7-8-17)10-12-5-3-4-6-13(12)18/h2-6,14H,1,7-11H2,(H,19,22)(H,20,21). The number of halogens is 1. The molecule has 6 heteroatoms. The van der Waals surface area contributed by atoms with Gasteiger partial charge < -0.3 is 15.2 Å². The third-order valence-corrected chi connectivity index (χ3v) is 3.95. The lowest BCUT2D eigenvalue weighted by molar-refractivity contribution is -0.144. The Balaban J connectivity index is 1.99. The molecule has 0 heterocycles. The maximum Gasteiger partial charge on any atom is 0.328 e. The Kier molecular flexibility index (Phi) is 5.50. The van der Waals surface area contributed by atoms with Crippen molar-refractivity contribution in [2.75, 3.05) is 13.2 Å². The van der Waals surface area contributed by atoms with Gasteiger partial charge in [0.15, 0.2) is 6.04 Å². The third kappa shape index (κ3) is 4.39. The molecule has 1 atom stereocenters. The first kappa shape index (κ1) is 17.1.